The van der Waals surface area contributed by atoms with Gasteiger partial charge >= 0.3 is 0 Å². The topological polar surface area (TPSA) is 29.3 Å². The van der Waals surface area contributed by atoms with Crippen molar-refractivity contribution in [2.24, 2.45) is 11.7 Å². The molecule has 0 amide bonds. The number of rotatable bonds is 5. The van der Waals surface area contributed by atoms with E-state index in [1.165, 1.54) is 21.5 Å². The van der Waals surface area contributed by atoms with Crippen LogP contribution in [0, 0.1) is 5.92 Å². The SMILES string of the molecule is CC(c1ccc(Br)s1)N(C)C(CN)C1CC1. The van der Waals surface area contributed by atoms with Crippen molar-refractivity contribution < 1.29 is 0 Å². The summed E-state index contributed by atoms with van der Waals surface area (Å²) < 4.78 is 1.21. The van der Waals surface area contributed by atoms with Crippen LogP contribution in [0.25, 0.3) is 0 Å². The maximum Gasteiger partial charge on any atom is 0.0701 e. The van der Waals surface area contributed by atoms with E-state index in [0.717, 1.165) is 12.5 Å². The Morgan fingerprint density at radius 3 is 2.69 bits per heavy atom. The Morgan fingerprint density at radius 2 is 2.25 bits per heavy atom. The average Bonchev–Trinajstić information content (AvgIpc) is 3.00. The second kappa shape index (κ2) is 5.17. The first-order valence-corrected chi connectivity index (χ1v) is 7.41. The predicted octanol–water partition coefficient (Wildman–Crippen LogP) is 3.24. The van der Waals surface area contributed by atoms with Crippen LogP contribution in [0.2, 0.25) is 0 Å². The number of hydrogen-bond donors (Lipinski definition) is 1. The number of hydrogen-bond acceptors (Lipinski definition) is 3. The van der Waals surface area contributed by atoms with Gasteiger partial charge in [-0.25, -0.2) is 0 Å². The first-order valence-electron chi connectivity index (χ1n) is 5.80. The molecule has 16 heavy (non-hydrogen) atoms. The molecule has 1 fully saturated rings. The van der Waals surface area contributed by atoms with Crippen LogP contribution in [0.5, 0.6) is 0 Å². The second-order valence-corrected chi connectivity index (χ2v) is 7.12. The lowest BCUT2D eigenvalue weighted by Gasteiger charge is -2.32. The molecule has 1 aliphatic rings. The van der Waals surface area contributed by atoms with Crippen molar-refractivity contribution >= 4 is 27.3 Å². The summed E-state index contributed by atoms with van der Waals surface area (Å²) in [6.07, 6.45) is 2.71. The maximum absolute atomic E-state index is 5.89. The van der Waals surface area contributed by atoms with E-state index in [-0.39, 0.29) is 0 Å². The van der Waals surface area contributed by atoms with Crippen molar-refractivity contribution in [1.82, 2.24) is 4.90 Å². The lowest BCUT2D eigenvalue weighted by Crippen LogP contribution is -2.40. The molecule has 2 nitrogen and oxygen atoms in total. The molecule has 4 heteroatoms. The van der Waals surface area contributed by atoms with Gasteiger partial charge in [-0.05, 0) is 60.8 Å². The van der Waals surface area contributed by atoms with Crippen LogP contribution in [0.4, 0.5) is 0 Å². The van der Waals surface area contributed by atoms with E-state index in [4.69, 9.17) is 5.73 Å². The van der Waals surface area contributed by atoms with Crippen molar-refractivity contribution in [1.29, 1.82) is 0 Å². The third-order valence-corrected chi connectivity index (χ3v) is 5.34. The minimum Gasteiger partial charge on any atom is -0.329 e. The summed E-state index contributed by atoms with van der Waals surface area (Å²) in [7, 11) is 2.20. The Labute approximate surface area is 110 Å². The van der Waals surface area contributed by atoms with E-state index in [1.54, 1.807) is 0 Å². The summed E-state index contributed by atoms with van der Waals surface area (Å²) in [5.74, 6) is 0.834. The van der Waals surface area contributed by atoms with Gasteiger partial charge in [-0.1, -0.05) is 0 Å². The summed E-state index contributed by atoms with van der Waals surface area (Å²) in [6, 6.07) is 5.34. The zero-order chi connectivity index (χ0) is 11.7. The molecule has 0 spiro atoms. The van der Waals surface area contributed by atoms with E-state index in [0.29, 0.717) is 12.1 Å². The summed E-state index contributed by atoms with van der Waals surface area (Å²) in [6.45, 7) is 3.04. The number of nitrogens with two attached hydrogens (primary N) is 1. The Kier molecular flexibility index (Phi) is 4.06. The van der Waals surface area contributed by atoms with Crippen molar-refractivity contribution in [2.45, 2.75) is 31.8 Å². The fourth-order valence-corrected chi connectivity index (χ4v) is 3.74. The Hall–Kier alpha value is 0.1000. The van der Waals surface area contributed by atoms with Crippen LogP contribution >= 0.6 is 27.3 Å². The molecule has 1 saturated carbocycles. The van der Waals surface area contributed by atoms with Crippen molar-refractivity contribution in [3.05, 3.63) is 20.8 Å². The summed E-state index contributed by atoms with van der Waals surface area (Å²) in [5, 5.41) is 0. The molecule has 0 bridgehead atoms. The fourth-order valence-electron chi connectivity index (χ4n) is 2.21. The Morgan fingerprint density at radius 1 is 1.56 bits per heavy atom. The highest BCUT2D eigenvalue weighted by atomic mass is 79.9. The van der Waals surface area contributed by atoms with Gasteiger partial charge in [-0.15, -0.1) is 11.3 Å². The monoisotopic (exact) mass is 302 g/mol. The molecule has 0 aliphatic heterocycles. The molecule has 1 aromatic heterocycles. The summed E-state index contributed by atoms with van der Waals surface area (Å²) >= 11 is 5.34. The lowest BCUT2D eigenvalue weighted by atomic mass is 10.1. The molecule has 0 radical (unpaired) electrons. The van der Waals surface area contributed by atoms with Crippen LogP contribution in [0.15, 0.2) is 15.9 Å². The zero-order valence-electron chi connectivity index (χ0n) is 9.82. The first kappa shape index (κ1) is 12.6. The maximum atomic E-state index is 5.89. The van der Waals surface area contributed by atoms with Crippen molar-refractivity contribution in [3.63, 3.8) is 0 Å². The quantitative estimate of drug-likeness (QED) is 0.905. The van der Waals surface area contributed by atoms with Gasteiger partial charge in [-0.2, -0.15) is 0 Å². The van der Waals surface area contributed by atoms with Gasteiger partial charge in [0.25, 0.3) is 0 Å². The molecule has 90 valence electrons. The molecule has 1 aliphatic carbocycles. The lowest BCUT2D eigenvalue weighted by molar-refractivity contribution is 0.172. The van der Waals surface area contributed by atoms with Gasteiger partial charge in [0, 0.05) is 23.5 Å². The highest BCUT2D eigenvalue weighted by Gasteiger charge is 2.34. The van der Waals surface area contributed by atoms with Gasteiger partial charge in [0.2, 0.25) is 0 Å². The number of thiophene rings is 1. The third-order valence-electron chi connectivity index (χ3n) is 3.55. The summed E-state index contributed by atoms with van der Waals surface area (Å²) in [5.41, 5.74) is 5.89. The fraction of sp³-hybridized carbons (Fsp3) is 0.667. The number of halogens is 1. The van der Waals surface area contributed by atoms with E-state index >= 15 is 0 Å². The van der Waals surface area contributed by atoms with E-state index in [2.05, 4.69) is 46.9 Å². The molecule has 2 N–H and O–H groups in total. The van der Waals surface area contributed by atoms with Crippen LogP contribution in [0.1, 0.15) is 30.7 Å². The van der Waals surface area contributed by atoms with Crippen LogP contribution in [-0.4, -0.2) is 24.5 Å². The highest BCUT2D eigenvalue weighted by molar-refractivity contribution is 9.11. The van der Waals surface area contributed by atoms with Crippen LogP contribution < -0.4 is 5.73 Å². The Balaban J connectivity index is 2.05. The minimum absolute atomic E-state index is 0.463. The van der Waals surface area contributed by atoms with E-state index in [1.807, 2.05) is 11.3 Å². The Bertz CT molecular complexity index is 349. The van der Waals surface area contributed by atoms with Gasteiger partial charge in [-0.3, -0.25) is 4.90 Å². The molecule has 1 heterocycles. The highest BCUT2D eigenvalue weighted by Crippen LogP contribution is 2.38. The molecule has 2 unspecified atom stereocenters. The predicted molar refractivity (Wildman–Crippen MR) is 73.8 cm³/mol. The molecule has 2 rings (SSSR count). The smallest absolute Gasteiger partial charge is 0.0701 e. The van der Waals surface area contributed by atoms with Crippen LogP contribution in [-0.2, 0) is 0 Å². The largest absolute Gasteiger partial charge is 0.329 e. The first-order chi connectivity index (χ1) is 7.63. The molecule has 2 atom stereocenters. The van der Waals surface area contributed by atoms with Gasteiger partial charge in [0.05, 0.1) is 3.79 Å². The van der Waals surface area contributed by atoms with E-state index in [9.17, 15) is 0 Å². The molecular weight excluding hydrogens is 284 g/mol. The standard InChI is InChI=1S/C12H19BrN2S/c1-8(11-5-6-12(13)16-11)15(2)10(7-14)9-3-4-9/h5-6,8-10H,3-4,7,14H2,1-2H3. The van der Waals surface area contributed by atoms with Crippen molar-refractivity contribution in [3.8, 4) is 0 Å². The number of likely N-dealkylation sites (N-methyl/N-ethyl adjacent to an activating group) is 1. The second-order valence-electron chi connectivity index (χ2n) is 4.62. The normalized spacial score (nSPS) is 20.1. The average molecular weight is 303 g/mol. The number of nitrogens with zero attached hydrogens (tertiary/aromatic N) is 1. The molecular formula is C12H19BrN2S. The molecule has 0 saturated heterocycles. The molecule has 1 aromatic rings. The van der Waals surface area contributed by atoms with Gasteiger partial charge in [0.15, 0.2) is 0 Å². The van der Waals surface area contributed by atoms with Gasteiger partial charge in [0.1, 0.15) is 0 Å². The molecule has 0 aromatic carbocycles. The zero-order valence-corrected chi connectivity index (χ0v) is 12.2. The van der Waals surface area contributed by atoms with E-state index < -0.39 is 0 Å². The van der Waals surface area contributed by atoms with Gasteiger partial charge < -0.3 is 5.73 Å². The van der Waals surface area contributed by atoms with Crippen LogP contribution in [0.3, 0.4) is 0 Å². The van der Waals surface area contributed by atoms with Crippen molar-refractivity contribution in [2.75, 3.05) is 13.6 Å². The minimum atomic E-state index is 0.463. The summed E-state index contributed by atoms with van der Waals surface area (Å²) in [4.78, 5) is 3.85. The third kappa shape index (κ3) is 2.67.